The van der Waals surface area contributed by atoms with Gasteiger partial charge in [0.15, 0.2) is 0 Å². The highest BCUT2D eigenvalue weighted by Gasteiger charge is 2.22. The van der Waals surface area contributed by atoms with Gasteiger partial charge in [0.1, 0.15) is 4.32 Å². The topological polar surface area (TPSA) is 46.9 Å². The van der Waals surface area contributed by atoms with Crippen LogP contribution in [-0.4, -0.2) is 20.0 Å². The number of hydrogen-bond donors (Lipinski definition) is 1. The summed E-state index contributed by atoms with van der Waals surface area (Å²) in [6.45, 7) is 0.584. The summed E-state index contributed by atoms with van der Waals surface area (Å²) in [5.74, 6) is -0.163. The summed E-state index contributed by atoms with van der Waals surface area (Å²) in [6, 6.07) is 7.64. The van der Waals surface area contributed by atoms with Gasteiger partial charge in [0.25, 0.3) is 5.91 Å². The van der Waals surface area contributed by atoms with Crippen molar-refractivity contribution in [2.75, 3.05) is 0 Å². The van der Waals surface area contributed by atoms with Crippen LogP contribution in [0.4, 0.5) is 0 Å². The number of nitrogens with zero attached hydrogens (tertiary/aromatic N) is 2. The molecule has 1 amide bonds. The number of nitrogens with one attached hydrogen (secondary N) is 1. The maximum atomic E-state index is 11.6. The molecule has 0 saturated carbocycles. The summed E-state index contributed by atoms with van der Waals surface area (Å²) in [7, 11) is 0. The lowest BCUT2D eigenvalue weighted by molar-refractivity contribution is -0.115. The van der Waals surface area contributed by atoms with Gasteiger partial charge in [-0.2, -0.15) is 5.10 Å². The molecule has 2 aromatic rings. The minimum Gasteiger partial charge on any atom is -0.307 e. The summed E-state index contributed by atoms with van der Waals surface area (Å²) in [5.41, 5.74) is 1.85. The van der Waals surface area contributed by atoms with E-state index in [2.05, 4.69) is 10.4 Å². The standard InChI is InChI=1S/C14H10ClN3OS2/c15-11-4-2-1-3-10(11)8-18-7-9(6-16-18)5-12-13(19)17-14(20)21-12/h1-7H,8H2,(H,17,19,20)/b12-5+. The molecule has 0 unspecified atom stereocenters. The van der Waals surface area contributed by atoms with Gasteiger partial charge in [0.2, 0.25) is 0 Å². The van der Waals surface area contributed by atoms with E-state index in [0.717, 1.165) is 11.1 Å². The molecule has 1 saturated heterocycles. The number of thioether (sulfide) groups is 1. The molecule has 1 N–H and O–H groups in total. The second-order valence-corrected chi connectivity index (χ2v) is 6.54. The molecule has 1 fully saturated rings. The van der Waals surface area contributed by atoms with Gasteiger partial charge in [0, 0.05) is 16.8 Å². The molecule has 0 aliphatic carbocycles. The van der Waals surface area contributed by atoms with E-state index < -0.39 is 0 Å². The van der Waals surface area contributed by atoms with Crippen molar-refractivity contribution in [3.05, 3.63) is 57.7 Å². The lowest BCUT2D eigenvalue weighted by Gasteiger charge is -2.03. The first-order valence-electron chi connectivity index (χ1n) is 6.12. The number of aromatic nitrogens is 2. The normalized spacial score (nSPS) is 16.5. The molecule has 21 heavy (non-hydrogen) atoms. The van der Waals surface area contributed by atoms with Crippen LogP contribution >= 0.6 is 35.6 Å². The number of carbonyl (C=O) groups is 1. The molecule has 3 rings (SSSR count). The van der Waals surface area contributed by atoms with Crippen molar-refractivity contribution < 1.29 is 4.79 Å². The molecule has 1 aromatic heterocycles. The van der Waals surface area contributed by atoms with Crippen molar-refractivity contribution in [1.29, 1.82) is 0 Å². The van der Waals surface area contributed by atoms with Gasteiger partial charge >= 0.3 is 0 Å². The Bertz CT molecular complexity index is 754. The van der Waals surface area contributed by atoms with Gasteiger partial charge in [-0.15, -0.1) is 0 Å². The molecule has 0 radical (unpaired) electrons. The zero-order valence-electron chi connectivity index (χ0n) is 10.7. The Morgan fingerprint density at radius 2 is 2.24 bits per heavy atom. The molecule has 2 heterocycles. The fourth-order valence-corrected chi connectivity index (χ4v) is 3.15. The lowest BCUT2D eigenvalue weighted by Crippen LogP contribution is -2.17. The first-order valence-corrected chi connectivity index (χ1v) is 7.73. The van der Waals surface area contributed by atoms with E-state index in [-0.39, 0.29) is 5.91 Å². The average molecular weight is 336 g/mol. The monoisotopic (exact) mass is 335 g/mol. The van der Waals surface area contributed by atoms with Gasteiger partial charge in [-0.25, -0.2) is 0 Å². The number of halogens is 1. The van der Waals surface area contributed by atoms with E-state index in [1.807, 2.05) is 30.5 Å². The Labute approximate surface area is 136 Å². The average Bonchev–Trinajstić information content (AvgIpc) is 3.00. The number of benzene rings is 1. The molecular formula is C14H10ClN3OS2. The van der Waals surface area contributed by atoms with Gasteiger partial charge < -0.3 is 5.32 Å². The first-order chi connectivity index (χ1) is 10.1. The Morgan fingerprint density at radius 1 is 1.43 bits per heavy atom. The smallest absolute Gasteiger partial charge is 0.263 e. The largest absolute Gasteiger partial charge is 0.307 e. The zero-order chi connectivity index (χ0) is 14.8. The molecule has 1 aromatic carbocycles. The molecule has 1 aliphatic heterocycles. The highest BCUT2D eigenvalue weighted by atomic mass is 35.5. The van der Waals surface area contributed by atoms with Crippen molar-refractivity contribution >= 4 is 51.9 Å². The van der Waals surface area contributed by atoms with Gasteiger partial charge in [-0.3, -0.25) is 9.48 Å². The second-order valence-electron chi connectivity index (χ2n) is 4.41. The Kier molecular flexibility index (Phi) is 4.10. The van der Waals surface area contributed by atoms with E-state index in [9.17, 15) is 4.79 Å². The molecule has 4 nitrogen and oxygen atoms in total. The van der Waals surface area contributed by atoms with Gasteiger partial charge in [-0.1, -0.05) is 53.8 Å². The predicted octanol–water partition coefficient (Wildman–Crippen LogP) is 3.07. The van der Waals surface area contributed by atoms with Crippen LogP contribution in [0.15, 0.2) is 41.6 Å². The zero-order valence-corrected chi connectivity index (χ0v) is 13.1. The van der Waals surface area contributed by atoms with Crippen LogP contribution in [0, 0.1) is 0 Å². The van der Waals surface area contributed by atoms with Crippen LogP contribution in [-0.2, 0) is 11.3 Å². The fraction of sp³-hybridized carbons (Fsp3) is 0.0714. The number of carbonyl (C=O) groups excluding carboxylic acids is 1. The SMILES string of the molecule is O=C1NC(=S)S/C1=C/c1cnn(Cc2ccccc2Cl)c1. The fourth-order valence-electron chi connectivity index (χ4n) is 1.91. The number of rotatable bonds is 3. The summed E-state index contributed by atoms with van der Waals surface area (Å²) in [6.07, 6.45) is 5.35. The quantitative estimate of drug-likeness (QED) is 0.691. The van der Waals surface area contributed by atoms with Crippen molar-refractivity contribution in [2.45, 2.75) is 6.54 Å². The molecule has 0 bridgehead atoms. The first kappa shape index (κ1) is 14.3. The molecule has 7 heteroatoms. The summed E-state index contributed by atoms with van der Waals surface area (Å²) in [5, 5.41) is 7.57. The van der Waals surface area contributed by atoms with E-state index in [0.29, 0.717) is 20.8 Å². The summed E-state index contributed by atoms with van der Waals surface area (Å²) in [4.78, 5) is 12.2. The van der Waals surface area contributed by atoms with Crippen LogP contribution in [0.3, 0.4) is 0 Å². The van der Waals surface area contributed by atoms with Crippen LogP contribution < -0.4 is 5.32 Å². The van der Waals surface area contributed by atoms with Crippen LogP contribution in [0.2, 0.25) is 5.02 Å². The third kappa shape index (κ3) is 3.34. The van der Waals surface area contributed by atoms with Crippen LogP contribution in [0.25, 0.3) is 6.08 Å². The van der Waals surface area contributed by atoms with E-state index in [4.69, 9.17) is 23.8 Å². The van der Waals surface area contributed by atoms with Crippen molar-refractivity contribution in [3.8, 4) is 0 Å². The summed E-state index contributed by atoms with van der Waals surface area (Å²) < 4.78 is 2.26. The molecule has 1 aliphatic rings. The summed E-state index contributed by atoms with van der Waals surface area (Å²) >= 11 is 12.3. The molecule has 106 valence electrons. The maximum absolute atomic E-state index is 11.6. The van der Waals surface area contributed by atoms with Gasteiger partial charge in [-0.05, 0) is 17.7 Å². The van der Waals surface area contributed by atoms with Crippen molar-refractivity contribution in [3.63, 3.8) is 0 Å². The van der Waals surface area contributed by atoms with Crippen LogP contribution in [0.5, 0.6) is 0 Å². The minimum absolute atomic E-state index is 0.163. The maximum Gasteiger partial charge on any atom is 0.263 e. The predicted molar refractivity (Wildman–Crippen MR) is 89.1 cm³/mol. The Hall–Kier alpha value is -1.63. The highest BCUT2D eigenvalue weighted by Crippen LogP contribution is 2.25. The number of hydrogen-bond acceptors (Lipinski definition) is 4. The van der Waals surface area contributed by atoms with E-state index >= 15 is 0 Å². The number of thiocarbonyl (C=S) groups is 1. The second kappa shape index (κ2) is 6.01. The Balaban J connectivity index is 1.78. The van der Waals surface area contributed by atoms with Crippen LogP contribution in [0.1, 0.15) is 11.1 Å². The van der Waals surface area contributed by atoms with Crippen molar-refractivity contribution in [2.24, 2.45) is 0 Å². The van der Waals surface area contributed by atoms with Crippen molar-refractivity contribution in [1.82, 2.24) is 15.1 Å². The third-order valence-corrected chi connectivity index (χ3v) is 4.41. The van der Waals surface area contributed by atoms with E-state index in [1.54, 1.807) is 17.0 Å². The minimum atomic E-state index is -0.163. The molecule has 0 spiro atoms. The third-order valence-electron chi connectivity index (χ3n) is 2.88. The highest BCUT2D eigenvalue weighted by molar-refractivity contribution is 8.26. The molecule has 0 atom stereocenters. The lowest BCUT2D eigenvalue weighted by atomic mass is 10.2. The number of amides is 1. The Morgan fingerprint density at radius 3 is 2.95 bits per heavy atom. The molecular weight excluding hydrogens is 326 g/mol. The van der Waals surface area contributed by atoms with E-state index in [1.165, 1.54) is 11.8 Å². The van der Waals surface area contributed by atoms with Gasteiger partial charge in [0.05, 0.1) is 17.6 Å².